The van der Waals surface area contributed by atoms with Gasteiger partial charge in [-0.1, -0.05) is 12.1 Å². The van der Waals surface area contributed by atoms with E-state index in [1.807, 2.05) is 23.1 Å². The van der Waals surface area contributed by atoms with Gasteiger partial charge < -0.3 is 20.4 Å². The van der Waals surface area contributed by atoms with Crippen LogP contribution < -0.4 is 15.5 Å². The van der Waals surface area contributed by atoms with Gasteiger partial charge in [-0.15, -0.1) is 12.4 Å². The van der Waals surface area contributed by atoms with E-state index in [4.69, 9.17) is 0 Å². The standard InChI is InChI=1S/C19H24N4O3.ClH/c24-17-12-22(16-4-2-1-3-15(16)21-17)18(25)7-8-19(26)23-13-5-6-14(23)11-20-10-9-13;/h1-4,13-14,20H,5-12H2,(H,21,24);1H. The zero-order chi connectivity index (χ0) is 18.1. The number of hydrogen-bond donors (Lipinski definition) is 2. The third-order valence-corrected chi connectivity index (χ3v) is 5.57. The van der Waals surface area contributed by atoms with Crippen LogP contribution in [0.2, 0.25) is 0 Å². The molecule has 1 aromatic rings. The number of carbonyl (C=O) groups is 3. The highest BCUT2D eigenvalue weighted by molar-refractivity contribution is 6.10. The van der Waals surface area contributed by atoms with Crippen LogP contribution in [0.25, 0.3) is 0 Å². The summed E-state index contributed by atoms with van der Waals surface area (Å²) in [5.74, 6) is -0.328. The Morgan fingerprint density at radius 1 is 1.04 bits per heavy atom. The van der Waals surface area contributed by atoms with Gasteiger partial charge in [-0.05, 0) is 37.9 Å². The second kappa shape index (κ2) is 8.27. The second-order valence-electron chi connectivity index (χ2n) is 7.22. The summed E-state index contributed by atoms with van der Waals surface area (Å²) in [4.78, 5) is 40.8. The maximum atomic E-state index is 12.8. The van der Waals surface area contributed by atoms with E-state index >= 15 is 0 Å². The van der Waals surface area contributed by atoms with Gasteiger partial charge in [-0.25, -0.2) is 0 Å². The Morgan fingerprint density at radius 2 is 1.78 bits per heavy atom. The van der Waals surface area contributed by atoms with Crippen molar-refractivity contribution < 1.29 is 14.4 Å². The van der Waals surface area contributed by atoms with Gasteiger partial charge in [0.1, 0.15) is 6.54 Å². The number of anilines is 2. The molecular formula is C19H25ClN4O3. The Morgan fingerprint density at radius 3 is 2.63 bits per heavy atom. The molecule has 146 valence electrons. The average molecular weight is 393 g/mol. The maximum Gasteiger partial charge on any atom is 0.244 e. The number of benzene rings is 1. The molecule has 8 heteroatoms. The Balaban J connectivity index is 0.00000210. The highest BCUT2D eigenvalue weighted by Gasteiger charge is 2.38. The molecule has 2 saturated heterocycles. The first-order chi connectivity index (χ1) is 12.6. The van der Waals surface area contributed by atoms with E-state index in [-0.39, 0.29) is 55.6 Å². The number of halogens is 1. The zero-order valence-corrected chi connectivity index (χ0v) is 16.0. The average Bonchev–Trinajstić information content (AvgIpc) is 2.91. The molecule has 0 spiro atoms. The van der Waals surface area contributed by atoms with Gasteiger partial charge in [0.05, 0.1) is 11.4 Å². The van der Waals surface area contributed by atoms with Crippen LogP contribution in [-0.4, -0.2) is 54.3 Å². The minimum absolute atomic E-state index is 0. The number of amides is 3. The minimum Gasteiger partial charge on any atom is -0.335 e. The molecule has 4 rings (SSSR count). The Kier molecular flexibility index (Phi) is 6.01. The smallest absolute Gasteiger partial charge is 0.244 e. The van der Waals surface area contributed by atoms with Crippen LogP contribution in [0.4, 0.5) is 11.4 Å². The lowest BCUT2D eigenvalue weighted by Gasteiger charge is -2.30. The molecule has 2 bridgehead atoms. The van der Waals surface area contributed by atoms with Crippen LogP contribution in [0.3, 0.4) is 0 Å². The Labute approximate surface area is 164 Å². The topological polar surface area (TPSA) is 81.8 Å². The van der Waals surface area contributed by atoms with Gasteiger partial charge in [0.25, 0.3) is 0 Å². The summed E-state index contributed by atoms with van der Waals surface area (Å²) in [6.07, 6.45) is 3.41. The van der Waals surface area contributed by atoms with E-state index < -0.39 is 0 Å². The predicted molar refractivity (Wildman–Crippen MR) is 105 cm³/mol. The van der Waals surface area contributed by atoms with E-state index in [0.29, 0.717) is 17.4 Å². The number of nitrogens with zero attached hydrogens (tertiary/aromatic N) is 2. The summed E-state index contributed by atoms with van der Waals surface area (Å²) in [5, 5.41) is 6.16. The molecule has 2 atom stereocenters. The largest absolute Gasteiger partial charge is 0.335 e. The lowest BCUT2D eigenvalue weighted by atomic mass is 10.1. The van der Waals surface area contributed by atoms with Crippen LogP contribution in [0, 0.1) is 0 Å². The van der Waals surface area contributed by atoms with Crippen LogP contribution in [-0.2, 0) is 14.4 Å². The molecule has 0 aliphatic carbocycles. The van der Waals surface area contributed by atoms with Crippen LogP contribution in [0.15, 0.2) is 24.3 Å². The van der Waals surface area contributed by atoms with Crippen molar-refractivity contribution in [1.29, 1.82) is 0 Å². The van der Waals surface area contributed by atoms with Gasteiger partial charge in [0, 0.05) is 31.5 Å². The summed E-state index contributed by atoms with van der Waals surface area (Å²) in [6.45, 7) is 1.79. The highest BCUT2D eigenvalue weighted by Crippen LogP contribution is 2.31. The number of rotatable bonds is 3. The molecule has 2 unspecified atom stereocenters. The Hall–Kier alpha value is -2.12. The van der Waals surface area contributed by atoms with Crippen molar-refractivity contribution in [2.75, 3.05) is 29.9 Å². The molecule has 2 N–H and O–H groups in total. The first kappa shape index (κ1) is 19.6. The number of hydrogen-bond acceptors (Lipinski definition) is 4. The SMILES string of the molecule is Cl.O=C1CN(C(=O)CCC(=O)N2C3CCNCC2CC3)c2ccccc2N1. The number of nitrogens with one attached hydrogen (secondary N) is 2. The lowest BCUT2D eigenvalue weighted by molar-refractivity contribution is -0.135. The van der Waals surface area contributed by atoms with Crippen molar-refractivity contribution in [3.63, 3.8) is 0 Å². The molecule has 0 aromatic heterocycles. The molecule has 7 nitrogen and oxygen atoms in total. The van der Waals surface area contributed by atoms with E-state index in [2.05, 4.69) is 10.6 Å². The van der Waals surface area contributed by atoms with E-state index in [9.17, 15) is 14.4 Å². The minimum atomic E-state index is -0.208. The zero-order valence-electron chi connectivity index (χ0n) is 15.1. The lowest BCUT2D eigenvalue weighted by Crippen LogP contribution is -2.44. The molecule has 2 fully saturated rings. The molecular weight excluding hydrogens is 368 g/mol. The van der Waals surface area contributed by atoms with Gasteiger partial charge in [0.15, 0.2) is 0 Å². The summed E-state index contributed by atoms with van der Waals surface area (Å²) in [7, 11) is 0. The van der Waals surface area contributed by atoms with Gasteiger partial charge in [-0.2, -0.15) is 0 Å². The molecule has 1 aromatic carbocycles. The summed E-state index contributed by atoms with van der Waals surface area (Å²) in [6, 6.07) is 7.81. The van der Waals surface area contributed by atoms with E-state index in [1.54, 1.807) is 6.07 Å². The van der Waals surface area contributed by atoms with Crippen LogP contribution in [0.5, 0.6) is 0 Å². The summed E-state index contributed by atoms with van der Waals surface area (Å²) < 4.78 is 0. The normalized spacial score (nSPS) is 23.8. The van der Waals surface area contributed by atoms with Crippen LogP contribution >= 0.6 is 12.4 Å². The fourth-order valence-corrected chi connectivity index (χ4v) is 4.32. The second-order valence-corrected chi connectivity index (χ2v) is 7.22. The molecule has 3 aliphatic heterocycles. The van der Waals surface area contributed by atoms with Crippen molar-refractivity contribution in [1.82, 2.24) is 10.2 Å². The molecule has 3 aliphatic rings. The fourth-order valence-electron chi connectivity index (χ4n) is 4.32. The van der Waals surface area contributed by atoms with Crippen LogP contribution in [0.1, 0.15) is 32.1 Å². The highest BCUT2D eigenvalue weighted by atomic mass is 35.5. The maximum absolute atomic E-state index is 12.8. The molecule has 0 radical (unpaired) electrons. The van der Waals surface area contributed by atoms with Crippen molar-refractivity contribution >= 4 is 41.5 Å². The van der Waals surface area contributed by atoms with Crippen molar-refractivity contribution in [2.45, 2.75) is 44.2 Å². The van der Waals surface area contributed by atoms with E-state index in [1.165, 1.54) is 4.90 Å². The predicted octanol–water partition coefficient (Wildman–Crippen LogP) is 1.53. The third-order valence-electron chi connectivity index (χ3n) is 5.57. The quantitative estimate of drug-likeness (QED) is 0.817. The molecule has 27 heavy (non-hydrogen) atoms. The fraction of sp³-hybridized carbons (Fsp3) is 0.526. The number of carbonyl (C=O) groups excluding carboxylic acids is 3. The molecule has 3 heterocycles. The van der Waals surface area contributed by atoms with E-state index in [0.717, 1.165) is 32.4 Å². The van der Waals surface area contributed by atoms with Crippen molar-refractivity contribution in [3.05, 3.63) is 24.3 Å². The van der Waals surface area contributed by atoms with Gasteiger partial charge in [-0.3, -0.25) is 14.4 Å². The number of fused-ring (bicyclic) bond motifs is 3. The van der Waals surface area contributed by atoms with Crippen molar-refractivity contribution in [3.8, 4) is 0 Å². The van der Waals surface area contributed by atoms with Gasteiger partial charge >= 0.3 is 0 Å². The summed E-state index contributed by atoms with van der Waals surface area (Å²) in [5.41, 5.74) is 1.34. The monoisotopic (exact) mass is 392 g/mol. The molecule has 0 saturated carbocycles. The molecule has 3 amide bonds. The van der Waals surface area contributed by atoms with Crippen molar-refractivity contribution in [2.24, 2.45) is 0 Å². The third kappa shape index (κ3) is 3.94. The number of para-hydroxylation sites is 2. The first-order valence-corrected chi connectivity index (χ1v) is 9.34. The first-order valence-electron chi connectivity index (χ1n) is 9.34. The Bertz CT molecular complexity index is 727. The van der Waals surface area contributed by atoms with Gasteiger partial charge in [0.2, 0.25) is 17.7 Å². The summed E-state index contributed by atoms with van der Waals surface area (Å²) >= 11 is 0.